The number of nitrogens with one attached hydrogen (secondary N) is 2. The van der Waals surface area contributed by atoms with E-state index in [-0.39, 0.29) is 11.4 Å². The molecule has 0 aliphatic rings. The van der Waals surface area contributed by atoms with Gasteiger partial charge in [-0.05, 0) is 31.0 Å². The lowest BCUT2D eigenvalue weighted by Crippen LogP contribution is -2.19. The maximum Gasteiger partial charge on any atom is 0.274 e. The zero-order valence-corrected chi connectivity index (χ0v) is 16.8. The molecule has 0 aliphatic carbocycles. The van der Waals surface area contributed by atoms with Gasteiger partial charge in [0.1, 0.15) is 23.1 Å². The Morgan fingerprint density at radius 3 is 2.43 bits per heavy atom. The average Bonchev–Trinajstić information content (AvgIpc) is 3.04. The Bertz CT molecular complexity index is 1100. The number of hydrogen-bond donors (Lipinski definition) is 2. The first-order valence-electron chi connectivity index (χ1n) is 9.43. The molecule has 156 valence electrons. The molecule has 0 bridgehead atoms. The number of halogens is 2. The van der Waals surface area contributed by atoms with Gasteiger partial charge in [0, 0.05) is 24.9 Å². The predicted octanol–water partition coefficient (Wildman–Crippen LogP) is 3.72. The van der Waals surface area contributed by atoms with Crippen molar-refractivity contribution in [2.24, 2.45) is 7.05 Å². The highest BCUT2D eigenvalue weighted by Gasteiger charge is 2.21. The van der Waals surface area contributed by atoms with E-state index in [0.717, 1.165) is 17.3 Å². The van der Waals surface area contributed by atoms with Crippen LogP contribution in [0.25, 0.3) is 0 Å². The summed E-state index contributed by atoms with van der Waals surface area (Å²) in [7, 11) is 1.67. The summed E-state index contributed by atoms with van der Waals surface area (Å²) in [5.74, 6) is -3.06. The maximum absolute atomic E-state index is 14.4. The first-order chi connectivity index (χ1) is 14.3. The van der Waals surface area contributed by atoms with E-state index in [1.165, 1.54) is 16.9 Å². The average molecular weight is 413 g/mol. The molecule has 2 aromatic heterocycles. The van der Waals surface area contributed by atoms with Crippen LogP contribution in [0.2, 0.25) is 0 Å². The van der Waals surface area contributed by atoms with Crippen LogP contribution in [-0.2, 0) is 19.9 Å². The predicted molar refractivity (Wildman–Crippen MR) is 108 cm³/mol. The van der Waals surface area contributed by atoms with Crippen LogP contribution in [0.5, 0.6) is 0 Å². The van der Waals surface area contributed by atoms with Gasteiger partial charge in [0.2, 0.25) is 0 Å². The highest BCUT2D eigenvalue weighted by molar-refractivity contribution is 6.07. The summed E-state index contributed by atoms with van der Waals surface area (Å²) in [4.78, 5) is 28.9. The Morgan fingerprint density at radius 1 is 1.03 bits per heavy atom. The number of carbonyl (C=O) groups excluding carboxylic acids is 2. The molecule has 0 radical (unpaired) electrons. The summed E-state index contributed by atoms with van der Waals surface area (Å²) < 4.78 is 30.1. The van der Waals surface area contributed by atoms with E-state index in [4.69, 9.17) is 0 Å². The zero-order chi connectivity index (χ0) is 21.8. The summed E-state index contributed by atoms with van der Waals surface area (Å²) >= 11 is 0. The fraction of sp³-hybridized carbons (Fsp3) is 0.238. The third-order valence-electron chi connectivity index (χ3n) is 4.60. The fourth-order valence-corrected chi connectivity index (χ4v) is 3.11. The van der Waals surface area contributed by atoms with Gasteiger partial charge in [-0.15, -0.1) is 0 Å². The van der Waals surface area contributed by atoms with Crippen molar-refractivity contribution in [1.29, 1.82) is 0 Å². The summed E-state index contributed by atoms with van der Waals surface area (Å²) in [6.07, 6.45) is 2.73. The number of rotatable bonds is 6. The minimum atomic E-state index is -1.04. The molecule has 2 N–H and O–H groups in total. The lowest BCUT2D eigenvalue weighted by atomic mass is 10.1. The fourth-order valence-electron chi connectivity index (χ4n) is 3.11. The Balaban J connectivity index is 1.89. The van der Waals surface area contributed by atoms with Crippen LogP contribution in [0, 0.1) is 11.6 Å². The molecule has 9 heteroatoms. The van der Waals surface area contributed by atoms with Crippen LogP contribution in [0.1, 0.15) is 46.0 Å². The number of aromatic nitrogens is 3. The second-order valence-corrected chi connectivity index (χ2v) is 6.54. The SMILES string of the molecule is CCc1nn(C)c(NC(=O)c2cc(NC(=O)c3ccccn3)c(F)cc2F)c1CC. The summed E-state index contributed by atoms with van der Waals surface area (Å²) in [6, 6.07) is 6.20. The van der Waals surface area contributed by atoms with E-state index in [1.54, 1.807) is 19.2 Å². The monoisotopic (exact) mass is 413 g/mol. The minimum Gasteiger partial charge on any atom is -0.318 e. The molecule has 0 spiro atoms. The molecular formula is C21H21F2N5O2. The number of amides is 2. The normalized spacial score (nSPS) is 10.7. The van der Waals surface area contributed by atoms with Gasteiger partial charge in [-0.2, -0.15) is 5.10 Å². The molecular weight excluding hydrogens is 392 g/mol. The number of carbonyl (C=O) groups is 2. The molecule has 0 aliphatic heterocycles. The number of benzene rings is 1. The highest BCUT2D eigenvalue weighted by Crippen LogP contribution is 2.24. The zero-order valence-electron chi connectivity index (χ0n) is 16.8. The lowest BCUT2D eigenvalue weighted by molar-refractivity contribution is 0.101. The molecule has 3 aromatic rings. The van der Waals surface area contributed by atoms with E-state index in [9.17, 15) is 18.4 Å². The molecule has 0 atom stereocenters. The summed E-state index contributed by atoms with van der Waals surface area (Å²) in [5, 5.41) is 9.32. The third kappa shape index (κ3) is 4.19. The van der Waals surface area contributed by atoms with Crippen molar-refractivity contribution < 1.29 is 18.4 Å². The number of aryl methyl sites for hydroxylation is 2. The molecule has 3 rings (SSSR count). The second-order valence-electron chi connectivity index (χ2n) is 6.54. The van der Waals surface area contributed by atoms with Gasteiger partial charge in [-0.25, -0.2) is 8.78 Å². The van der Waals surface area contributed by atoms with Crippen molar-refractivity contribution in [3.63, 3.8) is 0 Å². The van der Waals surface area contributed by atoms with Crippen molar-refractivity contribution in [2.45, 2.75) is 26.7 Å². The van der Waals surface area contributed by atoms with Crippen LogP contribution in [-0.4, -0.2) is 26.6 Å². The summed E-state index contributed by atoms with van der Waals surface area (Å²) in [5.41, 5.74) is 1.00. The van der Waals surface area contributed by atoms with Crippen LogP contribution in [0.3, 0.4) is 0 Å². The molecule has 1 aromatic carbocycles. The van der Waals surface area contributed by atoms with Crippen molar-refractivity contribution >= 4 is 23.3 Å². The number of hydrogen-bond acceptors (Lipinski definition) is 4. The first-order valence-corrected chi connectivity index (χ1v) is 9.43. The minimum absolute atomic E-state index is 0.0572. The van der Waals surface area contributed by atoms with Gasteiger partial charge in [0.05, 0.1) is 16.9 Å². The van der Waals surface area contributed by atoms with Crippen molar-refractivity contribution in [1.82, 2.24) is 14.8 Å². The quantitative estimate of drug-likeness (QED) is 0.645. The second kappa shape index (κ2) is 8.81. The molecule has 0 fully saturated rings. The van der Waals surface area contributed by atoms with Gasteiger partial charge in [-0.1, -0.05) is 19.9 Å². The van der Waals surface area contributed by atoms with Crippen LogP contribution in [0.15, 0.2) is 36.5 Å². The Morgan fingerprint density at radius 2 is 1.80 bits per heavy atom. The number of pyridine rings is 1. The van der Waals surface area contributed by atoms with E-state index in [2.05, 4.69) is 20.7 Å². The largest absolute Gasteiger partial charge is 0.318 e. The van der Waals surface area contributed by atoms with Gasteiger partial charge in [0.15, 0.2) is 0 Å². The maximum atomic E-state index is 14.4. The van der Waals surface area contributed by atoms with Crippen LogP contribution in [0.4, 0.5) is 20.3 Å². The molecule has 7 nitrogen and oxygen atoms in total. The lowest BCUT2D eigenvalue weighted by Gasteiger charge is -2.11. The van der Waals surface area contributed by atoms with Crippen LogP contribution < -0.4 is 10.6 Å². The van der Waals surface area contributed by atoms with E-state index < -0.39 is 29.0 Å². The smallest absolute Gasteiger partial charge is 0.274 e. The Labute approximate surface area is 172 Å². The Kier molecular flexibility index (Phi) is 6.20. The van der Waals surface area contributed by atoms with Crippen molar-refractivity contribution in [3.8, 4) is 0 Å². The molecule has 2 amide bonds. The third-order valence-corrected chi connectivity index (χ3v) is 4.60. The molecule has 0 saturated carbocycles. The standard InChI is InChI=1S/C21H21F2N5O2/c1-4-12-16(5-2)27-28(3)19(12)26-20(29)13-10-18(15(23)11-14(13)22)25-21(30)17-8-6-7-9-24-17/h6-11H,4-5H2,1-3H3,(H,25,30)(H,26,29). The van der Waals surface area contributed by atoms with Gasteiger partial charge < -0.3 is 10.6 Å². The highest BCUT2D eigenvalue weighted by atomic mass is 19.1. The van der Waals surface area contributed by atoms with E-state index in [1.807, 2.05) is 13.8 Å². The van der Waals surface area contributed by atoms with Crippen molar-refractivity contribution in [3.05, 3.63) is 70.7 Å². The van der Waals surface area contributed by atoms with Gasteiger partial charge >= 0.3 is 0 Å². The number of nitrogens with zero attached hydrogens (tertiary/aromatic N) is 3. The van der Waals surface area contributed by atoms with Gasteiger partial charge in [-0.3, -0.25) is 19.3 Å². The topological polar surface area (TPSA) is 88.9 Å². The van der Waals surface area contributed by atoms with Crippen molar-refractivity contribution in [2.75, 3.05) is 10.6 Å². The molecule has 0 unspecified atom stereocenters. The molecule has 30 heavy (non-hydrogen) atoms. The Hall–Kier alpha value is -3.62. The molecule has 0 saturated heterocycles. The van der Waals surface area contributed by atoms with Crippen LogP contribution >= 0.6 is 0 Å². The first kappa shape index (κ1) is 21.1. The summed E-state index contributed by atoms with van der Waals surface area (Å²) in [6.45, 7) is 3.87. The number of anilines is 2. The van der Waals surface area contributed by atoms with E-state index in [0.29, 0.717) is 24.7 Å². The molecule has 2 heterocycles. The van der Waals surface area contributed by atoms with Gasteiger partial charge in [0.25, 0.3) is 11.8 Å². The van der Waals surface area contributed by atoms with E-state index >= 15 is 0 Å².